The number of hydrogen-bond acceptors (Lipinski definition) is 2. The van der Waals surface area contributed by atoms with E-state index in [1.54, 1.807) is 0 Å². The zero-order chi connectivity index (χ0) is 12.4. The SMILES string of the molecule is CC[C@H](N)c1ccccc1N(C)CC1CC1C. The van der Waals surface area contributed by atoms with Crippen molar-refractivity contribution in [1.29, 1.82) is 0 Å². The Bertz CT molecular complexity index is 375. The lowest BCUT2D eigenvalue weighted by Gasteiger charge is -2.24. The zero-order valence-corrected chi connectivity index (χ0v) is 11.2. The van der Waals surface area contributed by atoms with E-state index in [0.29, 0.717) is 0 Å². The van der Waals surface area contributed by atoms with Crippen LogP contribution in [0.15, 0.2) is 24.3 Å². The normalized spacial score (nSPS) is 24.5. The molecule has 2 unspecified atom stereocenters. The van der Waals surface area contributed by atoms with Crippen LogP contribution in [0.2, 0.25) is 0 Å². The van der Waals surface area contributed by atoms with Gasteiger partial charge in [0.15, 0.2) is 0 Å². The van der Waals surface area contributed by atoms with Gasteiger partial charge in [-0.3, -0.25) is 0 Å². The van der Waals surface area contributed by atoms with Crippen molar-refractivity contribution >= 4 is 5.69 Å². The Labute approximate surface area is 105 Å². The molecule has 1 aliphatic rings. The number of anilines is 1. The van der Waals surface area contributed by atoms with E-state index in [0.717, 1.165) is 24.8 Å². The molecule has 0 aromatic heterocycles. The number of benzene rings is 1. The molecular weight excluding hydrogens is 208 g/mol. The molecule has 1 saturated carbocycles. The molecule has 0 radical (unpaired) electrons. The number of hydrogen-bond donors (Lipinski definition) is 1. The topological polar surface area (TPSA) is 29.3 Å². The van der Waals surface area contributed by atoms with Gasteiger partial charge in [-0.05, 0) is 36.3 Å². The van der Waals surface area contributed by atoms with Crippen molar-refractivity contribution in [3.63, 3.8) is 0 Å². The predicted molar refractivity (Wildman–Crippen MR) is 74.2 cm³/mol. The molecule has 1 aromatic carbocycles. The van der Waals surface area contributed by atoms with Crippen molar-refractivity contribution in [3.05, 3.63) is 29.8 Å². The van der Waals surface area contributed by atoms with Gasteiger partial charge in [-0.15, -0.1) is 0 Å². The van der Waals surface area contributed by atoms with Gasteiger partial charge in [0, 0.05) is 25.3 Å². The Morgan fingerprint density at radius 1 is 1.41 bits per heavy atom. The number of nitrogens with zero attached hydrogens (tertiary/aromatic N) is 1. The van der Waals surface area contributed by atoms with Gasteiger partial charge < -0.3 is 10.6 Å². The Morgan fingerprint density at radius 3 is 2.65 bits per heavy atom. The molecule has 3 atom stereocenters. The van der Waals surface area contributed by atoms with Gasteiger partial charge in [0.1, 0.15) is 0 Å². The first kappa shape index (κ1) is 12.4. The minimum Gasteiger partial charge on any atom is -0.374 e. The molecule has 0 heterocycles. The fourth-order valence-electron chi connectivity index (χ4n) is 2.47. The number of nitrogens with two attached hydrogens (primary N) is 1. The van der Waals surface area contributed by atoms with Gasteiger partial charge in [0.25, 0.3) is 0 Å². The molecule has 2 nitrogen and oxygen atoms in total. The van der Waals surface area contributed by atoms with Gasteiger partial charge >= 0.3 is 0 Å². The smallest absolute Gasteiger partial charge is 0.0412 e. The number of para-hydroxylation sites is 1. The first-order valence-corrected chi connectivity index (χ1v) is 6.69. The summed E-state index contributed by atoms with van der Waals surface area (Å²) in [5.74, 6) is 1.79. The van der Waals surface area contributed by atoms with Gasteiger partial charge in [-0.1, -0.05) is 32.0 Å². The highest BCUT2D eigenvalue weighted by molar-refractivity contribution is 5.54. The second-order valence-corrected chi connectivity index (χ2v) is 5.43. The molecular formula is C15H24N2. The Morgan fingerprint density at radius 2 is 2.06 bits per heavy atom. The minimum absolute atomic E-state index is 0.158. The predicted octanol–water partition coefficient (Wildman–Crippen LogP) is 3.19. The summed E-state index contributed by atoms with van der Waals surface area (Å²) in [5.41, 5.74) is 8.77. The van der Waals surface area contributed by atoms with Crippen molar-refractivity contribution in [1.82, 2.24) is 0 Å². The van der Waals surface area contributed by atoms with E-state index in [1.165, 1.54) is 17.7 Å². The fraction of sp³-hybridized carbons (Fsp3) is 0.600. The maximum atomic E-state index is 6.18. The zero-order valence-electron chi connectivity index (χ0n) is 11.2. The Balaban J connectivity index is 2.12. The molecule has 1 aromatic rings. The van der Waals surface area contributed by atoms with Gasteiger partial charge in [0.05, 0.1) is 0 Å². The van der Waals surface area contributed by atoms with Crippen LogP contribution < -0.4 is 10.6 Å². The summed E-state index contributed by atoms with van der Waals surface area (Å²) < 4.78 is 0. The van der Waals surface area contributed by atoms with Crippen LogP contribution in [0.3, 0.4) is 0 Å². The summed E-state index contributed by atoms with van der Waals surface area (Å²) >= 11 is 0. The third-order valence-electron chi connectivity index (χ3n) is 3.97. The number of rotatable bonds is 5. The molecule has 1 aliphatic carbocycles. The molecule has 2 N–H and O–H groups in total. The monoisotopic (exact) mass is 232 g/mol. The molecule has 0 aliphatic heterocycles. The Kier molecular flexibility index (Phi) is 3.72. The minimum atomic E-state index is 0.158. The van der Waals surface area contributed by atoms with Crippen LogP contribution in [-0.2, 0) is 0 Å². The average molecular weight is 232 g/mol. The molecule has 2 heteroatoms. The van der Waals surface area contributed by atoms with Crippen LogP contribution >= 0.6 is 0 Å². The lowest BCUT2D eigenvalue weighted by Crippen LogP contribution is -2.23. The third-order valence-corrected chi connectivity index (χ3v) is 3.97. The Hall–Kier alpha value is -1.02. The van der Waals surface area contributed by atoms with Gasteiger partial charge in [-0.25, -0.2) is 0 Å². The summed E-state index contributed by atoms with van der Waals surface area (Å²) in [6.07, 6.45) is 2.37. The molecule has 94 valence electrons. The summed E-state index contributed by atoms with van der Waals surface area (Å²) in [6.45, 7) is 5.64. The van der Waals surface area contributed by atoms with Gasteiger partial charge in [0.2, 0.25) is 0 Å². The van der Waals surface area contributed by atoms with E-state index >= 15 is 0 Å². The standard InChI is InChI=1S/C15H24N2/c1-4-14(16)13-7-5-6-8-15(13)17(3)10-12-9-11(12)2/h5-8,11-12,14H,4,9-10,16H2,1-3H3/t11?,12?,14-/m0/s1. The third kappa shape index (κ3) is 2.81. The van der Waals surface area contributed by atoms with Crippen molar-refractivity contribution in [2.24, 2.45) is 17.6 Å². The van der Waals surface area contributed by atoms with E-state index in [1.807, 2.05) is 0 Å². The summed E-state index contributed by atoms with van der Waals surface area (Å²) in [4.78, 5) is 2.37. The average Bonchev–Trinajstić information content (AvgIpc) is 3.03. The summed E-state index contributed by atoms with van der Waals surface area (Å²) in [6, 6.07) is 8.70. The first-order chi connectivity index (χ1) is 8.13. The van der Waals surface area contributed by atoms with Gasteiger partial charge in [-0.2, -0.15) is 0 Å². The highest BCUT2D eigenvalue weighted by Crippen LogP contribution is 2.39. The van der Waals surface area contributed by atoms with E-state index in [2.05, 4.69) is 50.1 Å². The highest BCUT2D eigenvalue weighted by atomic mass is 15.1. The summed E-state index contributed by atoms with van der Waals surface area (Å²) in [7, 11) is 2.19. The molecule has 0 amide bonds. The maximum Gasteiger partial charge on any atom is 0.0412 e. The van der Waals surface area contributed by atoms with Crippen molar-refractivity contribution in [2.45, 2.75) is 32.7 Å². The molecule has 0 bridgehead atoms. The van der Waals surface area contributed by atoms with E-state index < -0.39 is 0 Å². The molecule has 2 rings (SSSR count). The second-order valence-electron chi connectivity index (χ2n) is 5.43. The highest BCUT2D eigenvalue weighted by Gasteiger charge is 2.33. The molecule has 17 heavy (non-hydrogen) atoms. The fourth-order valence-corrected chi connectivity index (χ4v) is 2.47. The first-order valence-electron chi connectivity index (χ1n) is 6.69. The second kappa shape index (κ2) is 5.09. The molecule has 0 spiro atoms. The van der Waals surface area contributed by atoms with E-state index in [9.17, 15) is 0 Å². The van der Waals surface area contributed by atoms with Crippen LogP contribution in [0.25, 0.3) is 0 Å². The maximum absolute atomic E-state index is 6.18. The van der Waals surface area contributed by atoms with Crippen LogP contribution in [0.5, 0.6) is 0 Å². The largest absolute Gasteiger partial charge is 0.374 e. The van der Waals surface area contributed by atoms with E-state index in [4.69, 9.17) is 5.73 Å². The van der Waals surface area contributed by atoms with E-state index in [-0.39, 0.29) is 6.04 Å². The lowest BCUT2D eigenvalue weighted by atomic mass is 10.0. The van der Waals surface area contributed by atoms with Crippen LogP contribution in [0.4, 0.5) is 5.69 Å². The van der Waals surface area contributed by atoms with Crippen LogP contribution in [-0.4, -0.2) is 13.6 Å². The summed E-state index contributed by atoms with van der Waals surface area (Å²) in [5, 5.41) is 0. The quantitative estimate of drug-likeness (QED) is 0.844. The van der Waals surface area contributed by atoms with Crippen LogP contribution in [0, 0.1) is 11.8 Å². The van der Waals surface area contributed by atoms with Crippen molar-refractivity contribution in [2.75, 3.05) is 18.5 Å². The van der Waals surface area contributed by atoms with Crippen LogP contribution in [0.1, 0.15) is 38.3 Å². The molecule has 0 saturated heterocycles. The molecule has 1 fully saturated rings. The van der Waals surface area contributed by atoms with Crippen molar-refractivity contribution in [3.8, 4) is 0 Å². The lowest BCUT2D eigenvalue weighted by molar-refractivity contribution is 0.683. The van der Waals surface area contributed by atoms with Crippen molar-refractivity contribution < 1.29 is 0 Å².